The maximum absolute atomic E-state index is 13.4. The Morgan fingerprint density at radius 1 is 1.21 bits per heavy atom. The van der Waals surface area contributed by atoms with Gasteiger partial charge in [-0.3, -0.25) is 4.90 Å². The van der Waals surface area contributed by atoms with Gasteiger partial charge in [-0.25, -0.2) is 13.3 Å². The van der Waals surface area contributed by atoms with Gasteiger partial charge >= 0.3 is 0 Å². The Balaban J connectivity index is 1.29. The molecule has 1 saturated carbocycles. The van der Waals surface area contributed by atoms with Crippen molar-refractivity contribution in [1.29, 1.82) is 5.26 Å². The molecule has 2 aliphatic rings. The number of ether oxygens (including phenoxy) is 1. The van der Waals surface area contributed by atoms with Gasteiger partial charge in [-0.05, 0) is 55.2 Å². The van der Waals surface area contributed by atoms with Crippen molar-refractivity contribution in [2.24, 2.45) is 0 Å². The molecule has 146 valence electrons. The summed E-state index contributed by atoms with van der Waals surface area (Å²) < 4.78 is 34.8. The number of hydrogen-bond donors (Lipinski definition) is 1. The summed E-state index contributed by atoms with van der Waals surface area (Å²) in [6.45, 7) is 2.55. The first-order valence-corrected chi connectivity index (χ1v) is 10.6. The maximum Gasteiger partial charge on any atom is 0.141 e. The SMILES string of the molecule is N#Cc1cc(S(=O)N[C@@H]2CCN(Cc3ccc(OC4CC4)cc3)C2)ccc1F. The molecule has 0 spiro atoms. The van der Waals surface area contributed by atoms with Crippen molar-refractivity contribution in [2.45, 2.75) is 42.8 Å². The number of nitrogens with one attached hydrogen (secondary N) is 1. The van der Waals surface area contributed by atoms with E-state index in [1.807, 2.05) is 12.1 Å². The maximum atomic E-state index is 13.4. The second-order valence-electron chi connectivity index (χ2n) is 7.32. The monoisotopic (exact) mass is 399 g/mol. The second-order valence-corrected chi connectivity index (χ2v) is 8.57. The standard InChI is InChI=1S/C21H22FN3O2S/c22-21-8-7-20(11-16(21)12-23)28(26)24-17-9-10-25(14-17)13-15-1-3-18(4-2-15)27-19-5-6-19/h1-4,7-8,11,17,19,24H,5-6,9-10,13-14H2/t17-,28?/m1/s1. The van der Waals surface area contributed by atoms with Gasteiger partial charge in [-0.15, -0.1) is 0 Å². The highest BCUT2D eigenvalue weighted by Crippen LogP contribution is 2.27. The number of halogens is 1. The molecular formula is C21H22FN3O2S. The van der Waals surface area contributed by atoms with Gasteiger partial charge in [-0.2, -0.15) is 5.26 Å². The van der Waals surface area contributed by atoms with E-state index in [4.69, 9.17) is 10.00 Å². The first-order chi connectivity index (χ1) is 13.6. The van der Waals surface area contributed by atoms with Gasteiger partial charge in [0.05, 0.1) is 16.6 Å². The number of benzene rings is 2. The van der Waals surface area contributed by atoms with Crippen molar-refractivity contribution in [3.63, 3.8) is 0 Å². The van der Waals surface area contributed by atoms with Crippen LogP contribution in [0.5, 0.6) is 5.75 Å². The zero-order valence-electron chi connectivity index (χ0n) is 15.4. The largest absolute Gasteiger partial charge is 0.490 e. The van der Waals surface area contributed by atoms with E-state index in [-0.39, 0.29) is 11.6 Å². The molecule has 1 heterocycles. The molecule has 0 amide bonds. The minimum Gasteiger partial charge on any atom is -0.490 e. The molecule has 0 bridgehead atoms. The molecule has 1 aliphatic carbocycles. The van der Waals surface area contributed by atoms with Crippen LogP contribution in [-0.2, 0) is 17.5 Å². The average Bonchev–Trinajstić information content (AvgIpc) is 3.41. The van der Waals surface area contributed by atoms with Crippen LogP contribution >= 0.6 is 0 Å². The van der Waals surface area contributed by atoms with Crippen LogP contribution in [0.4, 0.5) is 4.39 Å². The highest BCUT2D eigenvalue weighted by atomic mass is 32.2. The van der Waals surface area contributed by atoms with E-state index in [0.717, 1.165) is 44.6 Å². The van der Waals surface area contributed by atoms with Crippen LogP contribution in [0.25, 0.3) is 0 Å². The molecule has 1 unspecified atom stereocenters. The van der Waals surface area contributed by atoms with Gasteiger partial charge in [0.2, 0.25) is 0 Å². The zero-order valence-corrected chi connectivity index (χ0v) is 16.3. The lowest BCUT2D eigenvalue weighted by molar-refractivity contribution is 0.302. The summed E-state index contributed by atoms with van der Waals surface area (Å²) in [5, 5.41) is 8.92. The normalized spacial score (nSPS) is 20.6. The minimum atomic E-state index is -1.47. The molecule has 5 nitrogen and oxygen atoms in total. The summed E-state index contributed by atoms with van der Waals surface area (Å²) in [5.74, 6) is 0.336. The molecule has 2 atom stereocenters. The predicted octanol–water partition coefficient (Wildman–Crippen LogP) is 3.13. The van der Waals surface area contributed by atoms with Gasteiger partial charge in [-0.1, -0.05) is 12.1 Å². The Kier molecular flexibility index (Phi) is 5.72. The average molecular weight is 399 g/mol. The van der Waals surface area contributed by atoms with E-state index in [1.54, 1.807) is 6.07 Å². The molecule has 0 aromatic heterocycles. The fourth-order valence-electron chi connectivity index (χ4n) is 3.31. The summed E-state index contributed by atoms with van der Waals surface area (Å²) in [5.41, 5.74) is 1.14. The van der Waals surface area contributed by atoms with Crippen LogP contribution in [-0.4, -0.2) is 34.3 Å². The van der Waals surface area contributed by atoms with Crippen molar-refractivity contribution in [3.05, 3.63) is 59.4 Å². The molecule has 1 N–H and O–H groups in total. The first kappa shape index (κ1) is 19.1. The highest BCUT2D eigenvalue weighted by molar-refractivity contribution is 7.83. The van der Waals surface area contributed by atoms with E-state index in [2.05, 4.69) is 21.8 Å². The summed E-state index contributed by atoms with van der Waals surface area (Å²) in [7, 11) is -1.47. The smallest absolute Gasteiger partial charge is 0.141 e. The Morgan fingerprint density at radius 2 is 2.00 bits per heavy atom. The van der Waals surface area contributed by atoms with Crippen molar-refractivity contribution >= 4 is 11.0 Å². The van der Waals surface area contributed by atoms with Crippen molar-refractivity contribution in [3.8, 4) is 11.8 Å². The molecule has 28 heavy (non-hydrogen) atoms. The third-order valence-corrected chi connectivity index (χ3v) is 6.20. The van der Waals surface area contributed by atoms with E-state index >= 15 is 0 Å². The summed E-state index contributed by atoms with van der Waals surface area (Å²) in [6, 6.07) is 14.1. The van der Waals surface area contributed by atoms with Crippen LogP contribution in [0.3, 0.4) is 0 Å². The third kappa shape index (κ3) is 4.76. The van der Waals surface area contributed by atoms with Crippen molar-refractivity contribution in [1.82, 2.24) is 9.62 Å². The molecule has 1 aliphatic heterocycles. The minimum absolute atomic E-state index is 0.0881. The van der Waals surface area contributed by atoms with Gasteiger partial charge < -0.3 is 4.74 Å². The van der Waals surface area contributed by atoms with Crippen LogP contribution in [0.1, 0.15) is 30.4 Å². The third-order valence-electron chi connectivity index (χ3n) is 4.98. The molecule has 1 saturated heterocycles. The number of nitrogens with zero attached hydrogens (tertiary/aromatic N) is 2. The number of hydrogen-bond acceptors (Lipinski definition) is 4. The fourth-order valence-corrected chi connectivity index (χ4v) is 4.35. The van der Waals surface area contributed by atoms with E-state index in [1.165, 1.54) is 23.8 Å². The topological polar surface area (TPSA) is 65.4 Å². The molecule has 4 rings (SSSR count). The highest BCUT2D eigenvalue weighted by Gasteiger charge is 2.25. The zero-order chi connectivity index (χ0) is 19.5. The molecule has 7 heteroatoms. The van der Waals surface area contributed by atoms with Crippen LogP contribution in [0.15, 0.2) is 47.4 Å². The lowest BCUT2D eigenvalue weighted by Gasteiger charge is -2.17. The molecule has 2 aromatic carbocycles. The lowest BCUT2D eigenvalue weighted by atomic mass is 10.2. The van der Waals surface area contributed by atoms with Crippen molar-refractivity contribution < 1.29 is 13.3 Å². The Labute approximate surface area is 166 Å². The molecular weight excluding hydrogens is 377 g/mol. The lowest BCUT2D eigenvalue weighted by Crippen LogP contribution is -2.33. The number of rotatable bonds is 7. The summed E-state index contributed by atoms with van der Waals surface area (Å²) >= 11 is 0. The van der Waals surface area contributed by atoms with Gasteiger partial charge in [0.25, 0.3) is 0 Å². The fraction of sp³-hybridized carbons (Fsp3) is 0.381. The Morgan fingerprint density at radius 3 is 2.71 bits per heavy atom. The van der Waals surface area contributed by atoms with Crippen LogP contribution < -0.4 is 9.46 Å². The molecule has 2 aromatic rings. The first-order valence-electron chi connectivity index (χ1n) is 9.46. The molecule has 2 fully saturated rings. The second kappa shape index (κ2) is 8.39. The quantitative estimate of drug-likeness (QED) is 0.777. The van der Waals surface area contributed by atoms with Crippen molar-refractivity contribution in [2.75, 3.05) is 13.1 Å². The summed E-state index contributed by atoms with van der Waals surface area (Å²) in [6.07, 6.45) is 3.60. The van der Waals surface area contributed by atoms with Gasteiger partial charge in [0.1, 0.15) is 28.6 Å². The summed E-state index contributed by atoms with van der Waals surface area (Å²) in [4.78, 5) is 2.74. The predicted molar refractivity (Wildman–Crippen MR) is 104 cm³/mol. The molecule has 0 radical (unpaired) electrons. The Bertz CT molecular complexity index is 909. The van der Waals surface area contributed by atoms with Gasteiger partial charge in [0.15, 0.2) is 0 Å². The number of nitriles is 1. The number of likely N-dealkylation sites (tertiary alicyclic amines) is 1. The van der Waals surface area contributed by atoms with Crippen LogP contribution in [0, 0.1) is 17.1 Å². The van der Waals surface area contributed by atoms with E-state index < -0.39 is 16.8 Å². The van der Waals surface area contributed by atoms with Crippen LogP contribution in [0.2, 0.25) is 0 Å². The van der Waals surface area contributed by atoms with E-state index in [0.29, 0.717) is 11.0 Å². The van der Waals surface area contributed by atoms with Gasteiger partial charge in [0, 0.05) is 25.7 Å². The van der Waals surface area contributed by atoms with E-state index in [9.17, 15) is 8.60 Å². The Hall–Kier alpha value is -2.27.